The lowest BCUT2D eigenvalue weighted by Gasteiger charge is -2.08. The van der Waals surface area contributed by atoms with E-state index in [1.807, 2.05) is 22.9 Å². The first-order valence-electron chi connectivity index (χ1n) is 3.51. The second-order valence-corrected chi connectivity index (χ2v) is 2.91. The van der Waals surface area contributed by atoms with Crippen molar-refractivity contribution >= 4 is 28.8 Å². The van der Waals surface area contributed by atoms with E-state index in [4.69, 9.17) is 10.8 Å². The average molecular weight is 272 g/mol. The summed E-state index contributed by atoms with van der Waals surface area (Å²) in [4.78, 5) is 10.4. The Morgan fingerprint density at radius 2 is 2.27 bits per heavy atom. The summed E-state index contributed by atoms with van der Waals surface area (Å²) in [6.07, 6.45) is 2.40. The van der Waals surface area contributed by atoms with Crippen LogP contribution in [0, 0.1) is 0 Å². The second kappa shape index (κ2) is 6.81. The number of nitrogens with two attached hydrogens (primary N) is 1. The van der Waals surface area contributed by atoms with E-state index >= 15 is 0 Å². The van der Waals surface area contributed by atoms with Gasteiger partial charge < -0.3 is 10.8 Å². The van der Waals surface area contributed by atoms with Gasteiger partial charge in [0.15, 0.2) is 0 Å². The molecule has 0 aromatic heterocycles. The summed E-state index contributed by atoms with van der Waals surface area (Å²) in [7, 11) is 0. The van der Waals surface area contributed by atoms with Crippen molar-refractivity contribution < 1.29 is 9.90 Å². The maximum absolute atomic E-state index is 10.4. The van der Waals surface area contributed by atoms with Crippen LogP contribution in [0.15, 0.2) is 0 Å². The van der Waals surface area contributed by atoms with Gasteiger partial charge in [0, 0.05) is 22.9 Å². The van der Waals surface area contributed by atoms with Crippen LogP contribution < -0.4 is 9.26 Å². The molecule has 4 N–H and O–H groups in total. The van der Waals surface area contributed by atoms with E-state index in [1.54, 1.807) is 0 Å². The van der Waals surface area contributed by atoms with Crippen LogP contribution >= 0.6 is 22.9 Å². The van der Waals surface area contributed by atoms with Crippen molar-refractivity contribution in [2.75, 3.05) is 6.54 Å². The van der Waals surface area contributed by atoms with Crippen molar-refractivity contribution in [3.8, 4) is 0 Å². The van der Waals surface area contributed by atoms with Gasteiger partial charge in [-0.3, -0.25) is 4.79 Å². The first-order valence-corrected chi connectivity index (χ1v) is 4.59. The van der Waals surface area contributed by atoms with Crippen LogP contribution in [0.4, 0.5) is 0 Å². The van der Waals surface area contributed by atoms with Crippen molar-refractivity contribution in [2.24, 2.45) is 5.73 Å². The number of carboxylic acid groups (broad SMARTS) is 1. The molecule has 0 aromatic rings. The van der Waals surface area contributed by atoms with Gasteiger partial charge in [0.1, 0.15) is 6.04 Å². The molecular weight excluding hydrogens is 259 g/mol. The van der Waals surface area contributed by atoms with E-state index < -0.39 is 12.0 Å². The maximum atomic E-state index is 10.4. The number of hydrogen-bond donors (Lipinski definition) is 3. The minimum Gasteiger partial charge on any atom is -0.480 e. The highest BCUT2D eigenvalue weighted by molar-refractivity contribution is 14.1. The summed E-state index contributed by atoms with van der Waals surface area (Å²) in [6, 6.07) is -0.429. The topological polar surface area (TPSA) is 75.3 Å². The lowest BCUT2D eigenvalue weighted by Crippen LogP contribution is -2.29. The van der Waals surface area contributed by atoms with Crippen molar-refractivity contribution in [1.82, 2.24) is 3.53 Å². The number of unbranched alkanes of at least 4 members (excludes halogenated alkanes) is 1. The van der Waals surface area contributed by atoms with Gasteiger partial charge in [0.05, 0.1) is 0 Å². The summed E-state index contributed by atoms with van der Waals surface area (Å²) >= 11 is 1.85. The molecule has 0 rings (SSSR count). The Morgan fingerprint density at radius 3 is 2.64 bits per heavy atom. The van der Waals surface area contributed by atoms with Gasteiger partial charge in [-0.15, -0.1) is 0 Å². The SMILES string of the molecule is NCCCC[C@H](NI)C(=O)O. The number of halogens is 1. The van der Waals surface area contributed by atoms with Gasteiger partial charge in [-0.05, 0) is 19.4 Å². The summed E-state index contributed by atoms with van der Waals surface area (Å²) in [5.41, 5.74) is 5.26. The van der Waals surface area contributed by atoms with Crippen LogP contribution in [0.5, 0.6) is 0 Å². The number of rotatable bonds is 6. The molecule has 0 radical (unpaired) electrons. The van der Waals surface area contributed by atoms with Gasteiger partial charge in [0.25, 0.3) is 0 Å². The summed E-state index contributed by atoms with van der Waals surface area (Å²) in [5.74, 6) is -0.795. The van der Waals surface area contributed by atoms with Crippen LogP contribution in [-0.2, 0) is 4.79 Å². The number of nitrogens with one attached hydrogen (secondary N) is 1. The fourth-order valence-corrected chi connectivity index (χ4v) is 1.30. The molecule has 11 heavy (non-hydrogen) atoms. The van der Waals surface area contributed by atoms with Gasteiger partial charge >= 0.3 is 5.97 Å². The van der Waals surface area contributed by atoms with E-state index in [0.29, 0.717) is 13.0 Å². The van der Waals surface area contributed by atoms with Gasteiger partial charge in [-0.25, -0.2) is 3.53 Å². The van der Waals surface area contributed by atoms with Gasteiger partial charge in [-0.1, -0.05) is 6.42 Å². The normalized spacial score (nSPS) is 12.9. The monoisotopic (exact) mass is 272 g/mol. The highest BCUT2D eigenvalue weighted by atomic mass is 127. The Bertz CT molecular complexity index is 121. The van der Waals surface area contributed by atoms with E-state index in [2.05, 4.69) is 3.53 Å². The Balaban J connectivity index is 3.44. The Labute approximate surface area is 80.0 Å². The largest absolute Gasteiger partial charge is 0.480 e. The molecule has 0 aliphatic carbocycles. The highest BCUT2D eigenvalue weighted by Gasteiger charge is 2.13. The van der Waals surface area contributed by atoms with Gasteiger partial charge in [0.2, 0.25) is 0 Å². The lowest BCUT2D eigenvalue weighted by atomic mass is 10.1. The number of carboxylic acids is 1. The fraction of sp³-hybridized carbons (Fsp3) is 0.833. The van der Waals surface area contributed by atoms with Crippen molar-refractivity contribution in [3.05, 3.63) is 0 Å². The molecule has 0 aliphatic rings. The van der Waals surface area contributed by atoms with E-state index in [-0.39, 0.29) is 0 Å². The Kier molecular flexibility index (Phi) is 6.88. The molecule has 0 bridgehead atoms. The molecule has 0 unspecified atom stereocenters. The van der Waals surface area contributed by atoms with Crippen LogP contribution in [0.2, 0.25) is 0 Å². The van der Waals surface area contributed by atoms with Crippen LogP contribution in [0.1, 0.15) is 19.3 Å². The Morgan fingerprint density at radius 1 is 1.64 bits per heavy atom. The first kappa shape index (κ1) is 11.1. The van der Waals surface area contributed by atoms with Crippen molar-refractivity contribution in [1.29, 1.82) is 0 Å². The van der Waals surface area contributed by atoms with E-state index in [1.165, 1.54) is 0 Å². The third-order valence-electron chi connectivity index (χ3n) is 1.38. The third-order valence-corrected chi connectivity index (χ3v) is 2.13. The summed E-state index contributed by atoms with van der Waals surface area (Å²) in [5, 5.41) is 8.57. The number of carbonyl (C=O) groups is 1. The average Bonchev–Trinajstić information content (AvgIpc) is 1.97. The van der Waals surface area contributed by atoms with E-state index in [9.17, 15) is 4.79 Å². The van der Waals surface area contributed by atoms with E-state index in [0.717, 1.165) is 12.8 Å². The lowest BCUT2D eigenvalue weighted by molar-refractivity contribution is -0.138. The van der Waals surface area contributed by atoms with Gasteiger partial charge in [-0.2, -0.15) is 0 Å². The van der Waals surface area contributed by atoms with Crippen LogP contribution in [0.3, 0.4) is 0 Å². The molecule has 4 nitrogen and oxygen atoms in total. The van der Waals surface area contributed by atoms with Crippen molar-refractivity contribution in [2.45, 2.75) is 25.3 Å². The third kappa shape index (κ3) is 5.40. The zero-order valence-corrected chi connectivity index (χ0v) is 8.37. The quantitative estimate of drug-likeness (QED) is 0.374. The maximum Gasteiger partial charge on any atom is 0.321 e. The molecule has 1 atom stereocenters. The molecule has 0 amide bonds. The molecule has 66 valence electrons. The highest BCUT2D eigenvalue weighted by Crippen LogP contribution is 2.01. The smallest absolute Gasteiger partial charge is 0.321 e. The summed E-state index contributed by atoms with van der Waals surface area (Å²) in [6.45, 7) is 0.633. The summed E-state index contributed by atoms with van der Waals surface area (Å²) < 4.78 is 2.69. The van der Waals surface area contributed by atoms with Crippen molar-refractivity contribution in [3.63, 3.8) is 0 Å². The molecule has 0 saturated heterocycles. The van der Waals surface area contributed by atoms with Crippen LogP contribution in [-0.4, -0.2) is 23.7 Å². The predicted molar refractivity (Wildman–Crippen MR) is 51.5 cm³/mol. The molecule has 0 aliphatic heterocycles. The molecule has 0 aromatic carbocycles. The minimum atomic E-state index is -0.795. The second-order valence-electron chi connectivity index (χ2n) is 2.28. The molecule has 0 saturated carbocycles. The number of aliphatic carboxylic acids is 1. The zero-order valence-electron chi connectivity index (χ0n) is 6.22. The minimum absolute atomic E-state index is 0.429. The predicted octanol–water partition coefficient (Wildman–Crippen LogP) is 0.508. The molecule has 5 heteroatoms. The molecule has 0 heterocycles. The standard InChI is InChI=1S/C6H13IN2O2/c7-9-5(6(10)11)3-1-2-4-8/h5,9H,1-4,8H2,(H,10,11)/t5-/m0/s1. The fourth-order valence-electron chi connectivity index (χ4n) is 0.717. The molecular formula is C6H13IN2O2. The van der Waals surface area contributed by atoms with Crippen LogP contribution in [0.25, 0.3) is 0 Å². The molecule has 0 fully saturated rings. The molecule has 0 spiro atoms. The Hall–Kier alpha value is 0.120. The first-order chi connectivity index (χ1) is 5.22. The number of hydrogen-bond acceptors (Lipinski definition) is 3. The zero-order chi connectivity index (χ0) is 8.69.